The smallest absolute Gasteiger partial charge is 0.305 e. The van der Waals surface area contributed by atoms with Gasteiger partial charge in [0.05, 0.1) is 25.3 Å². The molecule has 1 aliphatic heterocycles. The van der Waals surface area contributed by atoms with Crippen LogP contribution in [-0.4, -0.2) is 42.3 Å². The summed E-state index contributed by atoms with van der Waals surface area (Å²) in [5.41, 5.74) is 6.46. The molecule has 3 aliphatic carbocycles. The largest absolute Gasteiger partial charge is 0.496 e. The van der Waals surface area contributed by atoms with E-state index < -0.39 is 5.97 Å². The molecule has 5 heteroatoms. The third-order valence-electron chi connectivity index (χ3n) is 6.91. The van der Waals surface area contributed by atoms with Crippen LogP contribution < -0.4 is 0 Å². The van der Waals surface area contributed by atoms with Gasteiger partial charge in [0.15, 0.2) is 0 Å². The molecule has 32 heavy (non-hydrogen) atoms. The van der Waals surface area contributed by atoms with E-state index in [-0.39, 0.29) is 12.5 Å². The highest BCUT2D eigenvalue weighted by atomic mass is 16.5. The highest BCUT2D eigenvalue weighted by Crippen LogP contribution is 2.37. The minimum Gasteiger partial charge on any atom is -0.496 e. The monoisotopic (exact) mass is 435 g/mol. The fraction of sp³-hybridized carbons (Fsp3) is 0.444. The Balaban J connectivity index is 1.41. The van der Waals surface area contributed by atoms with Crippen molar-refractivity contribution >= 4 is 5.97 Å². The maximum absolute atomic E-state index is 10.9. The Morgan fingerprint density at radius 1 is 1.25 bits per heavy atom. The number of hydrogen-bond donors (Lipinski definition) is 1. The molecule has 0 aromatic carbocycles. The van der Waals surface area contributed by atoms with Crippen molar-refractivity contribution < 1.29 is 19.4 Å². The Labute approximate surface area is 190 Å². The molecule has 2 unspecified atom stereocenters. The average Bonchev–Trinajstić information content (AvgIpc) is 3.22. The zero-order chi connectivity index (χ0) is 22.7. The topological polar surface area (TPSA) is 59.0 Å². The summed E-state index contributed by atoms with van der Waals surface area (Å²) in [7, 11) is 1.75. The number of carboxylic acids is 1. The first kappa shape index (κ1) is 22.3. The molecule has 0 aromatic heterocycles. The molecule has 5 nitrogen and oxygen atoms in total. The number of rotatable bonds is 8. The molecule has 2 atom stereocenters. The lowest BCUT2D eigenvalue weighted by Crippen LogP contribution is -2.31. The van der Waals surface area contributed by atoms with Gasteiger partial charge in [-0.05, 0) is 72.6 Å². The number of allylic oxidation sites excluding steroid dienone is 7. The Morgan fingerprint density at radius 3 is 2.81 bits per heavy atom. The van der Waals surface area contributed by atoms with Crippen LogP contribution in [0.1, 0.15) is 46.0 Å². The number of methoxy groups -OCH3 is 1. The number of fused-ring (bicyclic) bond motifs is 1. The van der Waals surface area contributed by atoms with E-state index in [0.29, 0.717) is 19.1 Å². The number of hydrogen-bond acceptors (Lipinski definition) is 4. The predicted molar refractivity (Wildman–Crippen MR) is 126 cm³/mol. The van der Waals surface area contributed by atoms with Crippen LogP contribution in [0.2, 0.25) is 0 Å². The van der Waals surface area contributed by atoms with E-state index in [4.69, 9.17) is 14.6 Å². The lowest BCUT2D eigenvalue weighted by atomic mass is 9.83. The summed E-state index contributed by atoms with van der Waals surface area (Å²) in [6, 6.07) is 0.231. The molecule has 0 spiro atoms. The number of carboxylic acid groups (broad SMARTS) is 1. The van der Waals surface area contributed by atoms with Gasteiger partial charge in [0.2, 0.25) is 0 Å². The predicted octanol–water partition coefficient (Wildman–Crippen LogP) is 5.42. The molecule has 0 saturated carbocycles. The summed E-state index contributed by atoms with van der Waals surface area (Å²) in [5.74, 6) is 1.79. The van der Waals surface area contributed by atoms with Crippen molar-refractivity contribution in [3.63, 3.8) is 0 Å². The van der Waals surface area contributed by atoms with E-state index in [9.17, 15) is 4.79 Å². The Hall–Kier alpha value is -2.95. The molecule has 0 amide bonds. The van der Waals surface area contributed by atoms with Crippen molar-refractivity contribution in [2.24, 2.45) is 5.92 Å². The van der Waals surface area contributed by atoms with Gasteiger partial charge in [-0.2, -0.15) is 0 Å². The second-order valence-corrected chi connectivity index (χ2v) is 8.99. The van der Waals surface area contributed by atoms with Gasteiger partial charge in [0, 0.05) is 19.2 Å². The maximum atomic E-state index is 10.9. The normalized spacial score (nSPS) is 24.8. The molecular weight excluding hydrogens is 402 g/mol. The molecule has 170 valence electrons. The van der Waals surface area contributed by atoms with E-state index in [1.807, 2.05) is 6.20 Å². The van der Waals surface area contributed by atoms with Crippen molar-refractivity contribution in [2.45, 2.75) is 52.0 Å². The van der Waals surface area contributed by atoms with Gasteiger partial charge in [-0.1, -0.05) is 30.7 Å². The van der Waals surface area contributed by atoms with Gasteiger partial charge in [-0.15, -0.1) is 0 Å². The molecule has 0 bridgehead atoms. The molecule has 0 saturated heterocycles. The first-order valence-electron chi connectivity index (χ1n) is 11.5. The Bertz CT molecular complexity index is 989. The minimum absolute atomic E-state index is 0.153. The fourth-order valence-electron chi connectivity index (χ4n) is 4.81. The van der Waals surface area contributed by atoms with E-state index in [1.165, 1.54) is 27.9 Å². The first-order valence-corrected chi connectivity index (χ1v) is 11.5. The van der Waals surface area contributed by atoms with Crippen molar-refractivity contribution in [2.75, 3.05) is 20.3 Å². The summed E-state index contributed by atoms with van der Waals surface area (Å²) in [5, 5.41) is 8.99. The molecule has 4 rings (SSSR count). The molecule has 0 radical (unpaired) electrons. The summed E-state index contributed by atoms with van der Waals surface area (Å²) >= 11 is 0. The van der Waals surface area contributed by atoms with E-state index in [2.05, 4.69) is 55.2 Å². The molecule has 0 fully saturated rings. The van der Waals surface area contributed by atoms with Crippen LogP contribution in [0.3, 0.4) is 0 Å². The molecule has 0 aromatic rings. The SMILES string of the molecule is COC1=C(C2=CC=C(OCC3=C4C=CN(CCC(=O)O)C4CC=C3)CC2)CC(C)C(C)=C1. The van der Waals surface area contributed by atoms with Crippen LogP contribution in [0.4, 0.5) is 0 Å². The fourth-order valence-corrected chi connectivity index (χ4v) is 4.81. The third kappa shape index (κ3) is 4.77. The molecule has 4 aliphatic rings. The second kappa shape index (κ2) is 9.68. The second-order valence-electron chi connectivity index (χ2n) is 8.99. The quantitative estimate of drug-likeness (QED) is 0.551. The van der Waals surface area contributed by atoms with Crippen molar-refractivity contribution in [3.05, 3.63) is 82.0 Å². The van der Waals surface area contributed by atoms with E-state index >= 15 is 0 Å². The maximum Gasteiger partial charge on any atom is 0.305 e. The van der Waals surface area contributed by atoms with Crippen LogP contribution in [0.25, 0.3) is 0 Å². The van der Waals surface area contributed by atoms with Crippen LogP contribution in [0, 0.1) is 5.92 Å². The van der Waals surface area contributed by atoms with Crippen molar-refractivity contribution in [1.29, 1.82) is 0 Å². The Kier molecular flexibility index (Phi) is 6.73. The lowest BCUT2D eigenvalue weighted by molar-refractivity contribution is -0.137. The van der Waals surface area contributed by atoms with Gasteiger partial charge in [0.25, 0.3) is 0 Å². The van der Waals surface area contributed by atoms with E-state index in [0.717, 1.165) is 37.2 Å². The number of aliphatic carboxylic acids is 1. The molecular formula is C27H33NO4. The zero-order valence-electron chi connectivity index (χ0n) is 19.3. The molecule has 1 N–H and O–H groups in total. The van der Waals surface area contributed by atoms with E-state index in [1.54, 1.807) is 7.11 Å². The van der Waals surface area contributed by atoms with Gasteiger partial charge in [0.1, 0.15) is 12.4 Å². The summed E-state index contributed by atoms with van der Waals surface area (Å²) < 4.78 is 11.9. The zero-order valence-corrected chi connectivity index (χ0v) is 19.3. The van der Waals surface area contributed by atoms with Gasteiger partial charge in [-0.25, -0.2) is 0 Å². The van der Waals surface area contributed by atoms with Crippen molar-refractivity contribution in [1.82, 2.24) is 4.90 Å². The van der Waals surface area contributed by atoms with Crippen LogP contribution in [0.15, 0.2) is 82.0 Å². The highest BCUT2D eigenvalue weighted by Gasteiger charge is 2.28. The van der Waals surface area contributed by atoms with Crippen LogP contribution >= 0.6 is 0 Å². The van der Waals surface area contributed by atoms with Crippen molar-refractivity contribution in [3.8, 4) is 0 Å². The number of ether oxygens (including phenoxy) is 2. The third-order valence-corrected chi connectivity index (χ3v) is 6.91. The van der Waals surface area contributed by atoms with Crippen LogP contribution in [0.5, 0.6) is 0 Å². The number of nitrogens with zero attached hydrogens (tertiary/aromatic N) is 1. The Morgan fingerprint density at radius 2 is 2.09 bits per heavy atom. The summed E-state index contributed by atoms with van der Waals surface area (Å²) in [6.07, 6.45) is 18.8. The number of carbonyl (C=O) groups is 1. The molecule has 1 heterocycles. The van der Waals surface area contributed by atoms with Gasteiger partial charge >= 0.3 is 5.97 Å². The summed E-state index contributed by atoms with van der Waals surface area (Å²) in [6.45, 7) is 5.52. The van der Waals surface area contributed by atoms with Gasteiger partial charge in [-0.3, -0.25) is 4.79 Å². The van der Waals surface area contributed by atoms with Crippen LogP contribution in [-0.2, 0) is 14.3 Å². The highest BCUT2D eigenvalue weighted by molar-refractivity contribution is 5.67. The first-order chi connectivity index (χ1) is 15.5. The summed E-state index contributed by atoms with van der Waals surface area (Å²) in [4.78, 5) is 13.1. The minimum atomic E-state index is -0.760. The lowest BCUT2D eigenvalue weighted by Gasteiger charge is -2.29. The average molecular weight is 436 g/mol. The standard InChI is InChI=1S/C27H33NO4/c1-18-15-24(26(31-3)16-19(18)2)20-7-9-22(10-8-20)32-17-21-5-4-6-25-23(21)11-13-28(25)14-12-27(29)30/h4-5,7,9,11,13,16,18,25H,6,8,10,12,14-15,17H2,1-3H3,(H,29,30). The van der Waals surface area contributed by atoms with Gasteiger partial charge < -0.3 is 19.5 Å².